The first kappa shape index (κ1) is 22.2. The lowest BCUT2D eigenvalue weighted by Crippen LogP contribution is -2.15. The van der Waals surface area contributed by atoms with Crippen LogP contribution < -0.4 is 5.32 Å². The van der Waals surface area contributed by atoms with E-state index in [1.807, 2.05) is 42.6 Å². The van der Waals surface area contributed by atoms with Gasteiger partial charge in [0, 0.05) is 11.1 Å². The fourth-order valence-electron chi connectivity index (χ4n) is 2.90. The third-order valence-electron chi connectivity index (χ3n) is 4.33. The van der Waals surface area contributed by atoms with Gasteiger partial charge in [-0.2, -0.15) is 0 Å². The molecule has 164 valence electrons. The van der Waals surface area contributed by atoms with Gasteiger partial charge < -0.3 is 5.32 Å². The van der Waals surface area contributed by atoms with E-state index in [1.165, 1.54) is 23.1 Å². The highest BCUT2D eigenvalue weighted by atomic mass is 32.2. The van der Waals surface area contributed by atoms with E-state index in [4.69, 9.17) is 0 Å². The summed E-state index contributed by atoms with van der Waals surface area (Å²) in [4.78, 5) is 16.8. The lowest BCUT2D eigenvalue weighted by molar-refractivity contribution is -0.113. The summed E-state index contributed by atoms with van der Waals surface area (Å²) in [6.07, 6.45) is 0. The molecule has 4 aromatic rings. The number of hydrogen-bond acceptors (Lipinski definition) is 8. The number of rotatable bonds is 8. The lowest BCUT2D eigenvalue weighted by atomic mass is 10.3. The summed E-state index contributed by atoms with van der Waals surface area (Å²) in [6.45, 7) is 1.86. The van der Waals surface area contributed by atoms with E-state index in [0.717, 1.165) is 5.69 Å². The standard InChI is InChI=1S/C21H19N5O3S3/c1-15-12-30-20(22-15)23-19(27)13-31-21-25-24-18(26(21)16-8-4-2-5-9-16)14-32(28,29)17-10-6-3-7-11-17/h2-12H,13-14H2,1H3,(H,22,23,27). The average Bonchev–Trinajstić information content (AvgIpc) is 3.38. The molecule has 0 saturated heterocycles. The SMILES string of the molecule is Cc1csc(NC(=O)CSc2nnc(CS(=O)(=O)c3ccccc3)n2-c2ccccc2)n1. The molecular formula is C21H19N5O3S3. The number of amides is 1. The van der Waals surface area contributed by atoms with E-state index in [1.54, 1.807) is 34.9 Å². The summed E-state index contributed by atoms with van der Waals surface area (Å²) in [5.74, 6) is -0.192. The Morgan fingerprint density at radius 3 is 2.41 bits per heavy atom. The summed E-state index contributed by atoms with van der Waals surface area (Å²) in [5.41, 5.74) is 1.56. The topological polar surface area (TPSA) is 107 Å². The van der Waals surface area contributed by atoms with Crippen LogP contribution in [0.4, 0.5) is 5.13 Å². The summed E-state index contributed by atoms with van der Waals surface area (Å²) in [7, 11) is -3.62. The van der Waals surface area contributed by atoms with Crippen LogP contribution in [0.5, 0.6) is 0 Å². The Balaban J connectivity index is 1.58. The smallest absolute Gasteiger partial charge is 0.236 e. The molecule has 0 saturated carbocycles. The predicted molar refractivity (Wildman–Crippen MR) is 125 cm³/mol. The number of sulfone groups is 1. The Morgan fingerprint density at radius 2 is 1.75 bits per heavy atom. The highest BCUT2D eigenvalue weighted by molar-refractivity contribution is 7.99. The molecule has 4 rings (SSSR count). The van der Waals surface area contributed by atoms with E-state index < -0.39 is 9.84 Å². The van der Waals surface area contributed by atoms with Gasteiger partial charge >= 0.3 is 0 Å². The second-order valence-electron chi connectivity index (χ2n) is 6.77. The van der Waals surface area contributed by atoms with Crippen molar-refractivity contribution < 1.29 is 13.2 Å². The van der Waals surface area contributed by atoms with Crippen LogP contribution in [-0.4, -0.2) is 39.8 Å². The Bertz CT molecular complexity index is 1320. The maximum absolute atomic E-state index is 12.9. The lowest BCUT2D eigenvalue weighted by Gasteiger charge is -2.10. The van der Waals surface area contributed by atoms with E-state index in [9.17, 15) is 13.2 Å². The zero-order valence-electron chi connectivity index (χ0n) is 17.0. The largest absolute Gasteiger partial charge is 0.301 e. The van der Waals surface area contributed by atoms with Gasteiger partial charge in [-0.05, 0) is 31.2 Å². The molecule has 0 unspecified atom stereocenters. The Morgan fingerprint density at radius 1 is 1.06 bits per heavy atom. The third kappa shape index (κ3) is 5.23. The highest BCUT2D eigenvalue weighted by Gasteiger charge is 2.23. The van der Waals surface area contributed by atoms with Crippen molar-refractivity contribution in [2.75, 3.05) is 11.1 Å². The first-order valence-electron chi connectivity index (χ1n) is 9.55. The van der Waals surface area contributed by atoms with Crippen molar-refractivity contribution >= 4 is 44.0 Å². The molecule has 0 atom stereocenters. The fraction of sp³-hybridized carbons (Fsp3) is 0.143. The minimum absolute atomic E-state index is 0.0784. The quantitative estimate of drug-likeness (QED) is 0.379. The zero-order valence-corrected chi connectivity index (χ0v) is 19.5. The van der Waals surface area contributed by atoms with Crippen LogP contribution in [0, 0.1) is 6.92 Å². The monoisotopic (exact) mass is 485 g/mol. The second kappa shape index (κ2) is 9.63. The number of carbonyl (C=O) groups excluding carboxylic acids is 1. The van der Waals surface area contributed by atoms with E-state index in [-0.39, 0.29) is 28.1 Å². The first-order chi connectivity index (χ1) is 15.4. The number of nitrogens with one attached hydrogen (secondary N) is 1. The van der Waals surface area contributed by atoms with Gasteiger partial charge in [0.25, 0.3) is 0 Å². The van der Waals surface area contributed by atoms with Crippen molar-refractivity contribution in [3.05, 3.63) is 77.6 Å². The molecular weight excluding hydrogens is 466 g/mol. The molecule has 8 nitrogen and oxygen atoms in total. The van der Waals surface area contributed by atoms with Crippen LogP contribution >= 0.6 is 23.1 Å². The van der Waals surface area contributed by atoms with Crippen LogP contribution in [0.15, 0.2) is 76.1 Å². The molecule has 1 N–H and O–H groups in total. The Kier molecular flexibility index (Phi) is 6.68. The van der Waals surface area contributed by atoms with Crippen molar-refractivity contribution in [2.45, 2.75) is 22.7 Å². The number of thiazole rings is 1. The number of carbonyl (C=O) groups is 1. The number of anilines is 1. The van der Waals surface area contributed by atoms with Crippen molar-refractivity contribution in [1.29, 1.82) is 0 Å². The minimum Gasteiger partial charge on any atom is -0.301 e. The number of benzene rings is 2. The molecule has 2 heterocycles. The molecule has 0 bridgehead atoms. The average molecular weight is 486 g/mol. The van der Waals surface area contributed by atoms with Crippen molar-refractivity contribution in [1.82, 2.24) is 19.7 Å². The predicted octanol–water partition coefficient (Wildman–Crippen LogP) is 3.74. The zero-order chi connectivity index (χ0) is 22.6. The summed E-state index contributed by atoms with van der Waals surface area (Å²) < 4.78 is 27.5. The maximum Gasteiger partial charge on any atom is 0.236 e. The van der Waals surface area contributed by atoms with Gasteiger partial charge in [-0.15, -0.1) is 21.5 Å². The van der Waals surface area contributed by atoms with Crippen molar-refractivity contribution in [3.8, 4) is 5.69 Å². The molecule has 2 aromatic carbocycles. The Hall–Kier alpha value is -3.02. The van der Waals surface area contributed by atoms with Crippen LogP contribution in [0.3, 0.4) is 0 Å². The van der Waals surface area contributed by atoms with Gasteiger partial charge in [0.05, 0.1) is 16.3 Å². The molecule has 1 amide bonds. The molecule has 32 heavy (non-hydrogen) atoms. The normalized spacial score (nSPS) is 11.4. The van der Waals surface area contributed by atoms with Crippen molar-refractivity contribution in [3.63, 3.8) is 0 Å². The molecule has 0 aliphatic heterocycles. The number of aromatic nitrogens is 4. The van der Waals surface area contributed by atoms with Crippen LogP contribution in [0.1, 0.15) is 11.5 Å². The van der Waals surface area contributed by atoms with Gasteiger partial charge in [0.2, 0.25) is 5.91 Å². The number of nitrogens with zero attached hydrogens (tertiary/aromatic N) is 4. The van der Waals surface area contributed by atoms with Gasteiger partial charge in [0.1, 0.15) is 5.75 Å². The van der Waals surface area contributed by atoms with E-state index in [2.05, 4.69) is 20.5 Å². The molecule has 0 radical (unpaired) electrons. The molecule has 0 fully saturated rings. The minimum atomic E-state index is -3.62. The second-order valence-corrected chi connectivity index (χ2v) is 10.6. The number of aryl methyl sites for hydroxylation is 1. The van der Waals surface area contributed by atoms with E-state index >= 15 is 0 Å². The number of para-hydroxylation sites is 1. The van der Waals surface area contributed by atoms with E-state index in [0.29, 0.717) is 16.0 Å². The van der Waals surface area contributed by atoms with Crippen LogP contribution in [0.2, 0.25) is 0 Å². The fourth-order valence-corrected chi connectivity index (χ4v) is 5.64. The van der Waals surface area contributed by atoms with Gasteiger partial charge in [-0.3, -0.25) is 9.36 Å². The number of hydrogen-bond donors (Lipinski definition) is 1. The molecule has 2 aromatic heterocycles. The van der Waals surface area contributed by atoms with Crippen molar-refractivity contribution in [2.24, 2.45) is 0 Å². The summed E-state index contributed by atoms with van der Waals surface area (Å²) >= 11 is 2.53. The highest BCUT2D eigenvalue weighted by Crippen LogP contribution is 2.25. The van der Waals surface area contributed by atoms with Gasteiger partial charge in [-0.1, -0.05) is 48.2 Å². The van der Waals surface area contributed by atoms with Gasteiger partial charge in [-0.25, -0.2) is 13.4 Å². The maximum atomic E-state index is 12.9. The molecule has 0 spiro atoms. The molecule has 11 heteroatoms. The van der Waals surface area contributed by atoms with Crippen LogP contribution in [0.25, 0.3) is 5.69 Å². The summed E-state index contributed by atoms with van der Waals surface area (Å²) in [5, 5.41) is 13.9. The molecule has 0 aliphatic rings. The summed E-state index contributed by atoms with van der Waals surface area (Å²) in [6, 6.07) is 17.5. The first-order valence-corrected chi connectivity index (χ1v) is 13.1. The molecule has 0 aliphatic carbocycles. The van der Waals surface area contributed by atoms with Crippen LogP contribution in [-0.2, 0) is 20.4 Å². The van der Waals surface area contributed by atoms with Gasteiger partial charge in [0.15, 0.2) is 25.9 Å². The Labute approximate surface area is 193 Å². The number of thioether (sulfide) groups is 1. The third-order valence-corrected chi connectivity index (χ3v) is 7.77.